The Labute approximate surface area is 275 Å². The third-order valence-electron chi connectivity index (χ3n) is 6.36. The zero-order valence-corrected chi connectivity index (χ0v) is 26.7. The van der Waals surface area contributed by atoms with Crippen molar-refractivity contribution in [1.29, 1.82) is 0 Å². The smallest absolute Gasteiger partial charge is 0.328 e. The zero-order valence-electron chi connectivity index (χ0n) is 25.1. The van der Waals surface area contributed by atoms with E-state index in [4.69, 9.17) is 36.8 Å². The van der Waals surface area contributed by atoms with Gasteiger partial charge in [-0.25, -0.2) is 19.2 Å². The molecule has 2 aromatic rings. The Hall–Kier alpha value is -4.37. The normalized spacial score (nSPS) is 14.3. The van der Waals surface area contributed by atoms with Gasteiger partial charge in [0.25, 0.3) is 0 Å². The van der Waals surface area contributed by atoms with Crippen molar-refractivity contribution in [3.63, 3.8) is 0 Å². The molecule has 1 saturated heterocycles. The number of esters is 1. The van der Waals surface area contributed by atoms with Gasteiger partial charge in [-0.1, -0.05) is 35.5 Å². The van der Waals surface area contributed by atoms with E-state index < -0.39 is 23.9 Å². The molecule has 248 valence electrons. The number of piperazine rings is 1. The molecule has 0 saturated carbocycles. The number of carboxylic acids is 4. The van der Waals surface area contributed by atoms with Gasteiger partial charge >= 0.3 is 29.8 Å². The van der Waals surface area contributed by atoms with Gasteiger partial charge in [-0.05, 0) is 43.3 Å². The molecule has 0 atom stereocenters. The van der Waals surface area contributed by atoms with Crippen molar-refractivity contribution in [2.24, 2.45) is 0 Å². The molecule has 1 fully saturated rings. The summed E-state index contributed by atoms with van der Waals surface area (Å²) in [5.74, 6) is -5.23. The highest BCUT2D eigenvalue weighted by Crippen LogP contribution is 2.48. The highest BCUT2D eigenvalue weighted by molar-refractivity contribution is 7.99. The van der Waals surface area contributed by atoms with Gasteiger partial charge in [0.2, 0.25) is 0 Å². The van der Waals surface area contributed by atoms with Crippen molar-refractivity contribution < 1.29 is 49.1 Å². The van der Waals surface area contributed by atoms with E-state index in [1.165, 1.54) is 28.1 Å². The summed E-state index contributed by atoms with van der Waals surface area (Å²) in [5.41, 5.74) is 2.48. The van der Waals surface area contributed by atoms with Crippen molar-refractivity contribution in [3.8, 4) is 0 Å². The van der Waals surface area contributed by atoms with E-state index in [2.05, 4.69) is 51.1 Å². The summed E-state index contributed by atoms with van der Waals surface area (Å²) in [6.45, 7) is 9.02. The number of rotatable bonds is 11. The molecule has 2 aromatic carbocycles. The van der Waals surface area contributed by atoms with E-state index in [9.17, 15) is 24.0 Å². The minimum Gasteiger partial charge on any atom is -0.478 e. The van der Waals surface area contributed by atoms with Crippen LogP contribution in [-0.2, 0) is 28.7 Å². The molecule has 2 heterocycles. The molecule has 0 radical (unpaired) electrons. The second-order valence-electron chi connectivity index (χ2n) is 9.73. The van der Waals surface area contributed by atoms with E-state index >= 15 is 0 Å². The minimum atomic E-state index is -1.26. The number of carboxylic acid groups (broad SMARTS) is 4. The van der Waals surface area contributed by atoms with Crippen LogP contribution in [0, 0.1) is 0 Å². The number of aliphatic carboxylic acids is 4. The molecule has 0 amide bonds. The Bertz CT molecular complexity index is 1360. The predicted molar refractivity (Wildman–Crippen MR) is 172 cm³/mol. The number of fused-ring (bicyclic) bond motifs is 2. The van der Waals surface area contributed by atoms with Gasteiger partial charge in [0, 0.05) is 85.3 Å². The molecule has 0 bridgehead atoms. The molecule has 2 aliphatic rings. The second kappa shape index (κ2) is 19.9. The number of halogens is 1. The van der Waals surface area contributed by atoms with Crippen LogP contribution in [-0.4, -0.2) is 112 Å². The number of hydrogen-bond donors (Lipinski definition) is 4. The van der Waals surface area contributed by atoms with Crippen molar-refractivity contribution in [1.82, 2.24) is 9.80 Å². The summed E-state index contributed by atoms with van der Waals surface area (Å²) in [7, 11) is 0. The number of carbonyl (C=O) groups is 5. The van der Waals surface area contributed by atoms with Crippen LogP contribution in [0.5, 0.6) is 0 Å². The van der Waals surface area contributed by atoms with Crippen LogP contribution >= 0.6 is 23.4 Å². The fraction of sp³-hybridized carbons (Fsp3) is 0.323. The van der Waals surface area contributed by atoms with Gasteiger partial charge in [0.1, 0.15) is 6.61 Å². The first kappa shape index (κ1) is 37.8. The van der Waals surface area contributed by atoms with Crippen LogP contribution in [0.1, 0.15) is 13.3 Å². The van der Waals surface area contributed by atoms with E-state index in [-0.39, 0.29) is 5.97 Å². The van der Waals surface area contributed by atoms with Crippen molar-refractivity contribution in [2.45, 2.75) is 23.1 Å². The number of benzene rings is 2. The van der Waals surface area contributed by atoms with Crippen LogP contribution in [0.4, 0.5) is 11.4 Å². The third-order valence-corrected chi connectivity index (χ3v) is 7.72. The first-order chi connectivity index (χ1) is 21.8. The van der Waals surface area contributed by atoms with Crippen LogP contribution in [0.25, 0.3) is 0 Å². The maximum atomic E-state index is 10.9. The highest BCUT2D eigenvalue weighted by Gasteiger charge is 2.24. The number of hydrogen-bond acceptors (Lipinski definition) is 10. The van der Waals surface area contributed by atoms with Crippen LogP contribution in [0.2, 0.25) is 5.02 Å². The SMILES string of the molecule is CC(=O)OCCN1CCN(CCCN2c3ccccc3Sc3ccc(Cl)cc32)CC1.O=C(O)/C=C\C(=O)O.O=C(O)/C=C\C(=O)O. The van der Waals surface area contributed by atoms with E-state index in [1.807, 2.05) is 17.8 Å². The number of ether oxygens (including phenoxy) is 1. The molecule has 0 aliphatic carbocycles. The molecule has 15 heteroatoms. The van der Waals surface area contributed by atoms with Crippen molar-refractivity contribution >= 4 is 64.6 Å². The quantitative estimate of drug-likeness (QED) is 0.198. The summed E-state index contributed by atoms with van der Waals surface area (Å²) in [6, 6.07) is 14.8. The van der Waals surface area contributed by atoms with Gasteiger partial charge < -0.3 is 35.0 Å². The average molecular weight is 678 g/mol. The lowest BCUT2D eigenvalue weighted by atomic mass is 10.2. The summed E-state index contributed by atoms with van der Waals surface area (Å²) in [4.78, 5) is 59.0. The largest absolute Gasteiger partial charge is 0.478 e. The zero-order chi connectivity index (χ0) is 34.1. The Balaban J connectivity index is 0.000000381. The number of nitrogens with zero attached hydrogens (tertiary/aromatic N) is 3. The summed E-state index contributed by atoms with van der Waals surface area (Å²) in [5, 5.41) is 32.0. The molecule has 2 aliphatic heterocycles. The maximum Gasteiger partial charge on any atom is 0.328 e. The summed E-state index contributed by atoms with van der Waals surface area (Å²) in [6.07, 6.45) is 3.33. The summed E-state index contributed by atoms with van der Waals surface area (Å²) < 4.78 is 5.06. The molecular weight excluding hydrogens is 642 g/mol. The molecule has 0 unspecified atom stereocenters. The topological polar surface area (TPSA) is 185 Å². The molecular formula is C31H36ClN3O10S. The number of para-hydroxylation sites is 1. The number of carbonyl (C=O) groups excluding carboxylic acids is 1. The molecule has 0 spiro atoms. The number of anilines is 2. The van der Waals surface area contributed by atoms with Crippen LogP contribution in [0.3, 0.4) is 0 Å². The van der Waals surface area contributed by atoms with Gasteiger partial charge in [-0.15, -0.1) is 0 Å². The molecule has 4 rings (SSSR count). The Morgan fingerprint density at radius 3 is 1.76 bits per heavy atom. The Morgan fingerprint density at radius 2 is 1.24 bits per heavy atom. The summed E-state index contributed by atoms with van der Waals surface area (Å²) >= 11 is 8.13. The van der Waals surface area contributed by atoms with Gasteiger partial charge in [-0.3, -0.25) is 9.69 Å². The Morgan fingerprint density at radius 1 is 0.739 bits per heavy atom. The lowest BCUT2D eigenvalue weighted by Gasteiger charge is -2.36. The average Bonchev–Trinajstić information content (AvgIpc) is 3.00. The first-order valence-corrected chi connectivity index (χ1v) is 15.2. The molecule has 46 heavy (non-hydrogen) atoms. The highest BCUT2D eigenvalue weighted by atomic mass is 35.5. The lowest BCUT2D eigenvalue weighted by Crippen LogP contribution is -2.47. The van der Waals surface area contributed by atoms with Gasteiger partial charge in [-0.2, -0.15) is 0 Å². The third kappa shape index (κ3) is 14.6. The molecule has 0 aromatic heterocycles. The standard InChI is InChI=1S/C23H28ClN3O2S.2C4H4O4/c1-18(28)29-16-15-26-13-11-25(12-14-26)9-4-10-27-20-5-2-3-6-22(20)30-23-8-7-19(24)17-21(23)27;2*5-3(6)1-2-4(7)8/h2-3,5-8,17H,4,9-16H2,1H3;2*1-2H,(H,5,6)(H,7,8)/b;2*2-1-. The van der Waals surface area contributed by atoms with Crippen molar-refractivity contribution in [3.05, 3.63) is 71.8 Å². The predicted octanol–water partition coefficient (Wildman–Crippen LogP) is 3.94. The fourth-order valence-electron chi connectivity index (χ4n) is 4.34. The second-order valence-corrected chi connectivity index (χ2v) is 11.3. The van der Waals surface area contributed by atoms with Gasteiger partial charge in [0.05, 0.1) is 11.4 Å². The van der Waals surface area contributed by atoms with Gasteiger partial charge in [0.15, 0.2) is 0 Å². The van der Waals surface area contributed by atoms with Crippen LogP contribution < -0.4 is 4.90 Å². The minimum absolute atomic E-state index is 0.200. The van der Waals surface area contributed by atoms with E-state index in [0.717, 1.165) is 57.3 Å². The van der Waals surface area contributed by atoms with Crippen molar-refractivity contribution in [2.75, 3.05) is 57.3 Å². The van der Waals surface area contributed by atoms with Crippen LogP contribution in [0.15, 0.2) is 76.6 Å². The first-order valence-electron chi connectivity index (χ1n) is 14.1. The Kier molecular flexibility index (Phi) is 16.4. The van der Waals surface area contributed by atoms with E-state index in [1.54, 1.807) is 0 Å². The molecule has 4 N–H and O–H groups in total. The fourth-order valence-corrected chi connectivity index (χ4v) is 5.58. The molecule has 13 nitrogen and oxygen atoms in total. The van der Waals surface area contributed by atoms with E-state index in [0.29, 0.717) is 30.9 Å². The maximum absolute atomic E-state index is 10.9. The monoisotopic (exact) mass is 677 g/mol. The lowest BCUT2D eigenvalue weighted by molar-refractivity contribution is -0.141.